The third kappa shape index (κ3) is 1.34. The molecule has 1 aromatic carbocycles. The lowest BCUT2D eigenvalue weighted by molar-refractivity contribution is -0.0741. The Balaban J connectivity index is 2.11. The van der Waals surface area contributed by atoms with E-state index in [-0.39, 0.29) is 17.3 Å². The number of hydrogen-bond acceptors (Lipinski definition) is 4. The number of methoxy groups -OCH3 is 1. The molecule has 86 valence electrons. The second-order valence-corrected chi connectivity index (χ2v) is 4.00. The molecule has 1 aliphatic heterocycles. The quantitative estimate of drug-likeness (QED) is 0.737. The van der Waals surface area contributed by atoms with E-state index in [1.54, 1.807) is 24.3 Å². The van der Waals surface area contributed by atoms with Gasteiger partial charge in [0, 0.05) is 24.7 Å². The van der Waals surface area contributed by atoms with Gasteiger partial charge in [-0.25, -0.2) is 0 Å². The van der Waals surface area contributed by atoms with Crippen LogP contribution in [0.3, 0.4) is 0 Å². The molecule has 0 N–H and O–H groups in total. The van der Waals surface area contributed by atoms with Gasteiger partial charge in [-0.2, -0.15) is 0 Å². The highest BCUT2D eigenvalue weighted by atomic mass is 16.7. The van der Waals surface area contributed by atoms with Crippen LogP contribution in [0.5, 0.6) is 0 Å². The summed E-state index contributed by atoms with van der Waals surface area (Å²) in [7, 11) is 1.49. The first kappa shape index (κ1) is 10.2. The van der Waals surface area contributed by atoms with Crippen molar-refractivity contribution in [3.05, 3.63) is 46.7 Å². The van der Waals surface area contributed by atoms with Gasteiger partial charge in [0.2, 0.25) is 12.1 Å². The molecule has 4 heteroatoms. The monoisotopic (exact) mass is 230 g/mol. The highest BCUT2D eigenvalue weighted by Gasteiger charge is 2.40. The fraction of sp³-hybridized carbons (Fsp3) is 0.231. The van der Waals surface area contributed by atoms with Gasteiger partial charge in [0.05, 0.1) is 5.57 Å². The van der Waals surface area contributed by atoms with Crippen LogP contribution in [0.1, 0.15) is 27.1 Å². The van der Waals surface area contributed by atoms with E-state index in [9.17, 15) is 9.59 Å². The number of allylic oxidation sites excluding steroid dienone is 1. The van der Waals surface area contributed by atoms with Gasteiger partial charge < -0.3 is 9.47 Å². The molecule has 0 radical (unpaired) electrons. The van der Waals surface area contributed by atoms with Gasteiger partial charge in [-0.1, -0.05) is 24.3 Å². The summed E-state index contributed by atoms with van der Waals surface area (Å²) in [4.78, 5) is 24.3. The van der Waals surface area contributed by atoms with Crippen LogP contribution in [0.15, 0.2) is 35.6 Å². The zero-order valence-corrected chi connectivity index (χ0v) is 9.23. The zero-order valence-electron chi connectivity index (χ0n) is 9.23. The molecule has 1 aliphatic carbocycles. The van der Waals surface area contributed by atoms with Gasteiger partial charge in [0.25, 0.3) is 0 Å². The number of benzene rings is 1. The third-order valence-corrected chi connectivity index (χ3v) is 3.05. The van der Waals surface area contributed by atoms with E-state index in [0.29, 0.717) is 23.1 Å². The van der Waals surface area contributed by atoms with Crippen LogP contribution in [0.2, 0.25) is 0 Å². The van der Waals surface area contributed by atoms with Crippen molar-refractivity contribution in [1.29, 1.82) is 0 Å². The van der Waals surface area contributed by atoms with Crippen molar-refractivity contribution in [2.24, 2.45) is 0 Å². The first-order valence-electron chi connectivity index (χ1n) is 5.33. The molecule has 0 saturated heterocycles. The summed E-state index contributed by atoms with van der Waals surface area (Å²) in [5, 5.41) is 0. The summed E-state index contributed by atoms with van der Waals surface area (Å²) in [5.41, 5.74) is 1.30. The molecule has 1 unspecified atom stereocenters. The predicted octanol–water partition coefficient (Wildman–Crippen LogP) is 1.71. The highest BCUT2D eigenvalue weighted by molar-refractivity contribution is 6.26. The Morgan fingerprint density at radius 2 is 1.82 bits per heavy atom. The average Bonchev–Trinajstić information content (AvgIpc) is 2.80. The minimum absolute atomic E-state index is 0.130. The number of carbonyl (C=O) groups excluding carboxylic acids is 2. The Morgan fingerprint density at radius 1 is 1.18 bits per heavy atom. The zero-order chi connectivity index (χ0) is 12.0. The van der Waals surface area contributed by atoms with Crippen LogP contribution in [-0.4, -0.2) is 25.0 Å². The first-order valence-corrected chi connectivity index (χ1v) is 5.33. The van der Waals surface area contributed by atoms with Crippen LogP contribution in [0, 0.1) is 0 Å². The van der Waals surface area contributed by atoms with Crippen molar-refractivity contribution < 1.29 is 19.1 Å². The number of carbonyl (C=O) groups is 2. The van der Waals surface area contributed by atoms with Gasteiger partial charge in [0.1, 0.15) is 0 Å². The smallest absolute Gasteiger partial charge is 0.228 e. The summed E-state index contributed by atoms with van der Waals surface area (Å²) in [6.07, 6.45) is -0.188. The van der Waals surface area contributed by atoms with Gasteiger partial charge in [-0.05, 0) is 0 Å². The van der Waals surface area contributed by atoms with Gasteiger partial charge >= 0.3 is 0 Å². The van der Waals surface area contributed by atoms with Crippen LogP contribution < -0.4 is 0 Å². The van der Waals surface area contributed by atoms with E-state index >= 15 is 0 Å². The van der Waals surface area contributed by atoms with Gasteiger partial charge in [-0.15, -0.1) is 0 Å². The van der Waals surface area contributed by atoms with E-state index in [4.69, 9.17) is 9.47 Å². The Morgan fingerprint density at radius 3 is 2.47 bits per heavy atom. The SMILES string of the molecule is COC1CC2=C(O1)C(=O)c1ccccc1C2=O. The number of ether oxygens (including phenoxy) is 2. The largest absolute Gasteiger partial charge is 0.460 e. The normalized spacial score (nSPS) is 22.3. The standard InChI is InChI=1S/C13H10O4/c1-16-10-6-9-11(14)7-4-2-3-5-8(7)12(15)13(9)17-10/h2-5,10H,6H2,1H3. The van der Waals surface area contributed by atoms with E-state index < -0.39 is 6.29 Å². The van der Waals surface area contributed by atoms with Crippen molar-refractivity contribution >= 4 is 11.6 Å². The minimum atomic E-state index is -0.526. The Labute approximate surface area is 97.8 Å². The van der Waals surface area contributed by atoms with Gasteiger partial charge in [-0.3, -0.25) is 9.59 Å². The molecule has 0 amide bonds. The molecule has 1 atom stereocenters. The molecule has 2 aliphatic rings. The second kappa shape index (κ2) is 3.53. The Bertz CT molecular complexity index is 509. The molecule has 0 bridgehead atoms. The topological polar surface area (TPSA) is 52.6 Å². The molecule has 0 spiro atoms. The van der Waals surface area contributed by atoms with Crippen molar-refractivity contribution in [3.8, 4) is 0 Å². The van der Waals surface area contributed by atoms with Crippen molar-refractivity contribution in [2.45, 2.75) is 12.7 Å². The summed E-state index contributed by atoms with van der Waals surface area (Å²) < 4.78 is 10.4. The van der Waals surface area contributed by atoms with Crippen molar-refractivity contribution in [1.82, 2.24) is 0 Å². The van der Waals surface area contributed by atoms with Gasteiger partial charge in [0.15, 0.2) is 11.5 Å². The van der Waals surface area contributed by atoms with Crippen molar-refractivity contribution in [3.63, 3.8) is 0 Å². The minimum Gasteiger partial charge on any atom is -0.460 e. The summed E-state index contributed by atoms with van der Waals surface area (Å²) in [6, 6.07) is 6.79. The number of ketones is 2. The fourth-order valence-corrected chi connectivity index (χ4v) is 2.19. The lowest BCUT2D eigenvalue weighted by Gasteiger charge is -2.14. The van der Waals surface area contributed by atoms with Crippen LogP contribution in [0.4, 0.5) is 0 Å². The molecule has 1 heterocycles. The molecule has 3 rings (SSSR count). The molecular weight excluding hydrogens is 220 g/mol. The van der Waals surface area contributed by atoms with E-state index in [0.717, 1.165) is 0 Å². The molecule has 1 aromatic rings. The predicted molar refractivity (Wildman–Crippen MR) is 58.6 cm³/mol. The molecular formula is C13H10O4. The average molecular weight is 230 g/mol. The lowest BCUT2D eigenvalue weighted by atomic mass is 9.88. The van der Waals surface area contributed by atoms with E-state index in [1.165, 1.54) is 7.11 Å². The van der Waals surface area contributed by atoms with Crippen LogP contribution in [0.25, 0.3) is 0 Å². The molecule has 0 fully saturated rings. The van der Waals surface area contributed by atoms with Crippen LogP contribution >= 0.6 is 0 Å². The third-order valence-electron chi connectivity index (χ3n) is 3.05. The number of hydrogen-bond donors (Lipinski definition) is 0. The first-order chi connectivity index (χ1) is 8.22. The summed E-state index contributed by atoms with van der Waals surface area (Å²) in [6.45, 7) is 0. The molecule has 17 heavy (non-hydrogen) atoms. The maximum absolute atomic E-state index is 12.2. The summed E-state index contributed by atoms with van der Waals surface area (Å²) in [5.74, 6) is -0.204. The number of fused-ring (bicyclic) bond motifs is 1. The highest BCUT2D eigenvalue weighted by Crippen LogP contribution is 2.35. The van der Waals surface area contributed by atoms with Crippen molar-refractivity contribution in [2.75, 3.05) is 7.11 Å². The maximum atomic E-state index is 12.2. The molecule has 0 saturated carbocycles. The second-order valence-electron chi connectivity index (χ2n) is 4.00. The van der Waals surface area contributed by atoms with Crippen LogP contribution in [-0.2, 0) is 9.47 Å². The fourth-order valence-electron chi connectivity index (χ4n) is 2.19. The maximum Gasteiger partial charge on any atom is 0.228 e. The van der Waals surface area contributed by atoms with E-state index in [2.05, 4.69) is 0 Å². The number of rotatable bonds is 1. The number of Topliss-reactive ketones (excluding diaryl/α,β-unsaturated/α-hetero) is 2. The molecule has 4 nitrogen and oxygen atoms in total. The Kier molecular flexibility index (Phi) is 2.12. The Hall–Kier alpha value is -1.94. The lowest BCUT2D eigenvalue weighted by Crippen LogP contribution is -2.19. The molecule has 0 aromatic heterocycles. The summed E-state index contributed by atoms with van der Waals surface area (Å²) >= 11 is 0. The van der Waals surface area contributed by atoms with E-state index in [1.807, 2.05) is 0 Å².